The van der Waals surface area contributed by atoms with Crippen LogP contribution in [0.5, 0.6) is 11.5 Å². The molecule has 2 heterocycles. The lowest BCUT2D eigenvalue weighted by molar-refractivity contribution is -0.385. The van der Waals surface area contributed by atoms with Crippen LogP contribution in [0.25, 0.3) is 0 Å². The van der Waals surface area contributed by atoms with Gasteiger partial charge in [0, 0.05) is 28.8 Å². The van der Waals surface area contributed by atoms with E-state index >= 15 is 0 Å². The summed E-state index contributed by atoms with van der Waals surface area (Å²) < 4.78 is 15.7. The zero-order valence-corrected chi connectivity index (χ0v) is 18.0. The number of aryl methyl sites for hydroxylation is 1. The highest BCUT2D eigenvalue weighted by atomic mass is 16.7. The van der Waals surface area contributed by atoms with E-state index in [2.05, 4.69) is 9.84 Å². The number of nitrogens with zero attached hydrogens (tertiary/aromatic N) is 3. The van der Waals surface area contributed by atoms with Crippen LogP contribution in [0.3, 0.4) is 0 Å². The molecule has 10 nitrogen and oxygen atoms in total. The standard InChI is InChI=1S/C23H21N3O7/c1-14-8-16(5-6-19(14)26(29)30)23-18-11-21-20(32-13-33-21)10-17(18)9-15(2)25(24-23)22(28)4-3-7-31-12-27/h3-6,8,10-12,15H,7,9,13H2,1-2H3. The molecule has 4 rings (SSSR count). The summed E-state index contributed by atoms with van der Waals surface area (Å²) in [6, 6.07) is 8.12. The number of hydrazone groups is 1. The van der Waals surface area contributed by atoms with Gasteiger partial charge in [-0.25, -0.2) is 5.01 Å². The van der Waals surface area contributed by atoms with Gasteiger partial charge in [0.1, 0.15) is 6.61 Å². The third kappa shape index (κ3) is 4.40. The predicted molar refractivity (Wildman–Crippen MR) is 117 cm³/mol. The molecule has 0 saturated heterocycles. The SMILES string of the molecule is Cc1cc(C2=NN(C(=O)C=CCOC=O)C(C)Cc3cc4c(cc32)OCO4)ccc1[N+](=O)[O-]. The van der Waals surface area contributed by atoms with Crippen molar-refractivity contribution in [3.05, 3.63) is 74.9 Å². The summed E-state index contributed by atoms with van der Waals surface area (Å²) >= 11 is 0. The summed E-state index contributed by atoms with van der Waals surface area (Å²) in [5, 5.41) is 17.3. The van der Waals surface area contributed by atoms with Crippen molar-refractivity contribution in [2.45, 2.75) is 26.3 Å². The minimum atomic E-state index is -0.440. The van der Waals surface area contributed by atoms with Gasteiger partial charge in [-0.2, -0.15) is 5.10 Å². The maximum absolute atomic E-state index is 12.9. The number of ether oxygens (including phenoxy) is 3. The van der Waals surface area contributed by atoms with E-state index in [0.717, 1.165) is 11.1 Å². The van der Waals surface area contributed by atoms with Crippen molar-refractivity contribution in [2.24, 2.45) is 5.10 Å². The molecule has 1 amide bonds. The number of hydrogen-bond acceptors (Lipinski definition) is 8. The maximum Gasteiger partial charge on any atom is 0.293 e. The van der Waals surface area contributed by atoms with Crippen LogP contribution in [0, 0.1) is 17.0 Å². The molecule has 0 saturated carbocycles. The Labute approximate surface area is 189 Å². The normalized spacial score (nSPS) is 16.7. The first kappa shape index (κ1) is 22.0. The van der Waals surface area contributed by atoms with Crippen molar-refractivity contribution in [2.75, 3.05) is 13.4 Å². The number of carbonyl (C=O) groups excluding carboxylic acids is 2. The summed E-state index contributed by atoms with van der Waals surface area (Å²) in [5.41, 5.74) is 3.24. The fourth-order valence-corrected chi connectivity index (χ4v) is 3.85. The highest BCUT2D eigenvalue weighted by molar-refractivity contribution is 6.15. The van der Waals surface area contributed by atoms with E-state index in [0.29, 0.717) is 41.2 Å². The Hall–Kier alpha value is -4.21. The fraction of sp³-hybridized carbons (Fsp3) is 0.261. The van der Waals surface area contributed by atoms with Crippen molar-refractivity contribution >= 4 is 23.8 Å². The van der Waals surface area contributed by atoms with Gasteiger partial charge in [-0.1, -0.05) is 0 Å². The minimum absolute atomic E-state index is 0.00158. The lowest BCUT2D eigenvalue weighted by Crippen LogP contribution is -2.34. The third-order valence-corrected chi connectivity index (χ3v) is 5.41. The van der Waals surface area contributed by atoms with E-state index in [-0.39, 0.29) is 31.0 Å². The molecule has 0 aromatic heterocycles. The van der Waals surface area contributed by atoms with E-state index in [1.165, 1.54) is 23.2 Å². The molecule has 2 aromatic carbocycles. The van der Waals surface area contributed by atoms with Gasteiger partial charge < -0.3 is 14.2 Å². The zero-order valence-electron chi connectivity index (χ0n) is 18.0. The van der Waals surface area contributed by atoms with Crippen molar-refractivity contribution in [3.63, 3.8) is 0 Å². The summed E-state index contributed by atoms with van der Waals surface area (Å²) in [7, 11) is 0. The second-order valence-corrected chi connectivity index (χ2v) is 7.64. The van der Waals surface area contributed by atoms with Gasteiger partial charge >= 0.3 is 0 Å². The molecule has 0 fully saturated rings. The summed E-state index contributed by atoms with van der Waals surface area (Å²) in [4.78, 5) is 34.1. The molecule has 0 radical (unpaired) electrons. The number of nitro groups is 1. The van der Waals surface area contributed by atoms with Crippen LogP contribution < -0.4 is 9.47 Å². The summed E-state index contributed by atoms with van der Waals surface area (Å²) in [6.45, 7) is 3.92. The molecule has 0 aliphatic carbocycles. The van der Waals surface area contributed by atoms with Crippen molar-refractivity contribution in [1.82, 2.24) is 5.01 Å². The number of rotatable bonds is 6. The molecular formula is C23H21N3O7. The minimum Gasteiger partial charge on any atom is -0.464 e. The highest BCUT2D eigenvalue weighted by Gasteiger charge is 2.29. The predicted octanol–water partition coefficient (Wildman–Crippen LogP) is 2.89. The van der Waals surface area contributed by atoms with Crippen molar-refractivity contribution < 1.29 is 28.7 Å². The maximum atomic E-state index is 12.9. The molecule has 2 aliphatic heterocycles. The Morgan fingerprint density at radius 2 is 2.06 bits per heavy atom. The van der Waals surface area contributed by atoms with Gasteiger partial charge in [-0.15, -0.1) is 0 Å². The molecule has 2 aromatic rings. The number of fused-ring (bicyclic) bond motifs is 2. The Morgan fingerprint density at radius 1 is 1.30 bits per heavy atom. The van der Waals surface area contributed by atoms with Crippen LogP contribution in [-0.4, -0.2) is 47.5 Å². The number of benzene rings is 2. The smallest absolute Gasteiger partial charge is 0.293 e. The van der Waals surface area contributed by atoms with E-state index in [4.69, 9.17) is 9.47 Å². The van der Waals surface area contributed by atoms with E-state index < -0.39 is 4.92 Å². The molecule has 2 aliphatic rings. The Balaban J connectivity index is 1.82. The average Bonchev–Trinajstić information content (AvgIpc) is 3.18. The first-order chi connectivity index (χ1) is 15.9. The van der Waals surface area contributed by atoms with Gasteiger partial charge in [-0.3, -0.25) is 19.7 Å². The Kier molecular flexibility index (Phi) is 6.07. The number of nitro benzene ring substituents is 1. The second-order valence-electron chi connectivity index (χ2n) is 7.64. The molecule has 33 heavy (non-hydrogen) atoms. The van der Waals surface area contributed by atoms with E-state index in [9.17, 15) is 19.7 Å². The summed E-state index contributed by atoms with van der Waals surface area (Å²) in [5.74, 6) is 0.797. The van der Waals surface area contributed by atoms with Crippen LogP contribution in [0.2, 0.25) is 0 Å². The lowest BCUT2D eigenvalue weighted by Gasteiger charge is -2.22. The number of amides is 1. The molecule has 0 spiro atoms. The van der Waals surface area contributed by atoms with Gasteiger partial charge in [0.2, 0.25) is 6.79 Å². The largest absolute Gasteiger partial charge is 0.464 e. The Bertz CT molecular complexity index is 1190. The molecule has 0 N–H and O–H groups in total. The first-order valence-corrected chi connectivity index (χ1v) is 10.2. The summed E-state index contributed by atoms with van der Waals surface area (Å²) in [6.07, 6.45) is 3.22. The van der Waals surface area contributed by atoms with Crippen LogP contribution in [0.1, 0.15) is 29.2 Å². The zero-order chi connectivity index (χ0) is 23.5. The van der Waals surface area contributed by atoms with E-state index in [1.807, 2.05) is 19.1 Å². The topological polar surface area (TPSA) is 121 Å². The first-order valence-electron chi connectivity index (χ1n) is 10.2. The Morgan fingerprint density at radius 3 is 2.76 bits per heavy atom. The quantitative estimate of drug-likeness (QED) is 0.218. The molecular weight excluding hydrogens is 430 g/mol. The highest BCUT2D eigenvalue weighted by Crippen LogP contribution is 2.38. The van der Waals surface area contributed by atoms with Crippen molar-refractivity contribution in [1.29, 1.82) is 0 Å². The van der Waals surface area contributed by atoms with Crippen LogP contribution in [0.15, 0.2) is 47.6 Å². The van der Waals surface area contributed by atoms with Gasteiger partial charge in [0.15, 0.2) is 11.5 Å². The average molecular weight is 451 g/mol. The van der Waals surface area contributed by atoms with Crippen LogP contribution in [-0.2, 0) is 20.7 Å². The molecule has 170 valence electrons. The number of carbonyl (C=O) groups is 2. The second kappa shape index (κ2) is 9.11. The lowest BCUT2D eigenvalue weighted by atomic mass is 9.93. The fourth-order valence-electron chi connectivity index (χ4n) is 3.85. The van der Waals surface area contributed by atoms with E-state index in [1.54, 1.807) is 19.1 Å². The molecule has 1 atom stereocenters. The van der Waals surface area contributed by atoms with Crippen LogP contribution in [0.4, 0.5) is 5.69 Å². The monoisotopic (exact) mass is 451 g/mol. The number of hydrogen-bond donors (Lipinski definition) is 0. The van der Waals surface area contributed by atoms with Gasteiger partial charge in [0.05, 0.1) is 16.7 Å². The molecule has 0 bridgehead atoms. The van der Waals surface area contributed by atoms with Gasteiger partial charge in [-0.05, 0) is 56.2 Å². The van der Waals surface area contributed by atoms with Crippen molar-refractivity contribution in [3.8, 4) is 11.5 Å². The van der Waals surface area contributed by atoms with Crippen LogP contribution >= 0.6 is 0 Å². The third-order valence-electron chi connectivity index (χ3n) is 5.41. The molecule has 10 heteroatoms. The molecule has 1 unspecified atom stereocenters. The van der Waals surface area contributed by atoms with Gasteiger partial charge in [0.25, 0.3) is 18.1 Å².